The number of amidine groups is 1. The highest BCUT2D eigenvalue weighted by Gasteiger charge is 2.38. The van der Waals surface area contributed by atoms with Crippen LogP contribution >= 0.6 is 34.4 Å². The first-order valence-corrected chi connectivity index (χ1v) is 15.0. The molecule has 9 nitrogen and oxygen atoms in total. The molecule has 2 aromatic carbocycles. The number of hydrogen-bond donors (Lipinski definition) is 5. The van der Waals surface area contributed by atoms with Crippen LogP contribution in [0.1, 0.15) is 4.88 Å². The number of rotatable bonds is 11. The van der Waals surface area contributed by atoms with Crippen LogP contribution in [0, 0.1) is 5.41 Å². The predicted molar refractivity (Wildman–Crippen MR) is 161 cm³/mol. The number of anilines is 1. The first-order valence-electron chi connectivity index (χ1n) is 12.0. The van der Waals surface area contributed by atoms with Crippen molar-refractivity contribution in [3.63, 3.8) is 0 Å². The molecule has 0 aliphatic rings. The van der Waals surface area contributed by atoms with Gasteiger partial charge in [0.05, 0.1) is 14.8 Å². The number of aliphatic carboxylic acids is 1. The summed E-state index contributed by atoms with van der Waals surface area (Å²) in [5.41, 5.74) is 9.42. The largest absolute Gasteiger partial charge is 0.490 e. The summed E-state index contributed by atoms with van der Waals surface area (Å²) in [6.45, 7) is 1.08. The molecule has 0 bridgehead atoms. The number of ether oxygens (including phenoxy) is 1. The van der Waals surface area contributed by atoms with Crippen molar-refractivity contribution >= 4 is 57.8 Å². The van der Waals surface area contributed by atoms with Crippen molar-refractivity contribution in [1.29, 1.82) is 5.41 Å². The molecular weight excluding hydrogens is 612 g/mol. The smallest absolute Gasteiger partial charge is 0.484 e. The number of nitrogens with zero attached hydrogens (tertiary/aromatic N) is 1. The first kappa shape index (κ1) is 32.4. The van der Waals surface area contributed by atoms with Crippen LogP contribution in [0.25, 0.3) is 21.8 Å². The van der Waals surface area contributed by atoms with Crippen LogP contribution in [-0.4, -0.2) is 59.9 Å². The van der Waals surface area contributed by atoms with E-state index in [0.717, 1.165) is 36.6 Å². The molecule has 0 saturated heterocycles. The third-order valence-corrected chi connectivity index (χ3v) is 8.36. The number of carbonyl (C=O) groups is 2. The van der Waals surface area contributed by atoms with Gasteiger partial charge < -0.3 is 26.2 Å². The maximum Gasteiger partial charge on any atom is 0.490 e. The highest BCUT2D eigenvalue weighted by molar-refractivity contribution is 8.00. The number of nitrogens with two attached hydrogens (primary N) is 1. The summed E-state index contributed by atoms with van der Waals surface area (Å²) in [6, 6.07) is 19.3. The maximum absolute atomic E-state index is 12.2. The predicted octanol–water partition coefficient (Wildman–Crippen LogP) is 5.78. The minimum Gasteiger partial charge on any atom is -0.484 e. The molecule has 0 aliphatic carbocycles. The number of carboxylic acids is 1. The summed E-state index contributed by atoms with van der Waals surface area (Å²) in [4.78, 5) is 26.6. The number of hydrogen-bond acceptors (Lipinski definition) is 9. The Bertz CT molecular complexity index is 1510. The van der Waals surface area contributed by atoms with Gasteiger partial charge in [0.2, 0.25) is 0 Å². The van der Waals surface area contributed by atoms with Gasteiger partial charge in [-0.2, -0.15) is 13.2 Å². The van der Waals surface area contributed by atoms with Crippen LogP contribution in [0.5, 0.6) is 5.75 Å². The van der Waals surface area contributed by atoms with Crippen molar-refractivity contribution in [3.8, 4) is 27.6 Å². The van der Waals surface area contributed by atoms with Crippen molar-refractivity contribution in [1.82, 2.24) is 10.3 Å². The third-order valence-electron chi connectivity index (χ3n) is 5.18. The maximum atomic E-state index is 12.2. The molecule has 0 saturated carbocycles. The molecule has 4 rings (SSSR count). The summed E-state index contributed by atoms with van der Waals surface area (Å²) in [7, 11) is 0. The lowest BCUT2D eigenvalue weighted by atomic mass is 10.1. The van der Waals surface area contributed by atoms with Gasteiger partial charge in [-0.3, -0.25) is 10.2 Å². The Kier molecular flexibility index (Phi) is 11.8. The number of alkyl halides is 3. The van der Waals surface area contributed by atoms with Gasteiger partial charge in [-0.05, 0) is 36.6 Å². The van der Waals surface area contributed by atoms with Gasteiger partial charge in [0.25, 0.3) is 5.91 Å². The Morgan fingerprint density at radius 1 is 1.12 bits per heavy atom. The zero-order valence-electron chi connectivity index (χ0n) is 22.0. The van der Waals surface area contributed by atoms with E-state index >= 15 is 0 Å². The van der Waals surface area contributed by atoms with Gasteiger partial charge in [-0.25, -0.2) is 9.78 Å². The molecule has 2 heterocycles. The normalized spacial score (nSPS) is 10.8. The molecule has 4 aromatic rings. The Morgan fingerprint density at radius 2 is 1.83 bits per heavy atom. The summed E-state index contributed by atoms with van der Waals surface area (Å²) in [5.74, 6) is -2.26. The van der Waals surface area contributed by atoms with Crippen LogP contribution in [0.15, 0.2) is 70.3 Å². The molecule has 0 atom stereocenters. The number of halogens is 3. The molecule has 42 heavy (non-hydrogen) atoms. The molecule has 1 amide bonds. The number of amides is 1. The highest BCUT2D eigenvalue weighted by atomic mass is 32.2. The Labute approximate surface area is 251 Å². The zero-order chi connectivity index (χ0) is 30.7. The molecule has 0 unspecified atom stereocenters. The number of nitrogens with one attached hydrogen (secondary N) is 3. The number of carboxylic acid groups (broad SMARTS) is 1. The van der Waals surface area contributed by atoms with Gasteiger partial charge in [-0.15, -0.1) is 34.4 Å². The van der Waals surface area contributed by atoms with Crippen LogP contribution in [0.2, 0.25) is 0 Å². The SMILES string of the molecule is CSc1sc(C(=N)N)cc1-c1nc(-c2cccc(OCC(=O)NCCNc3ccccc3)c2)cs1.O=C(O)C(F)(F)F. The molecule has 6 N–H and O–H groups in total. The van der Waals surface area contributed by atoms with Gasteiger partial charge >= 0.3 is 12.1 Å². The van der Waals surface area contributed by atoms with E-state index in [4.69, 9.17) is 30.8 Å². The second kappa shape index (κ2) is 15.2. The second-order valence-corrected chi connectivity index (χ2v) is 11.2. The highest BCUT2D eigenvalue weighted by Crippen LogP contribution is 2.40. The molecule has 15 heteroatoms. The fraction of sp³-hybridized carbons (Fsp3) is 0.185. The van der Waals surface area contributed by atoms with Crippen molar-refractivity contribution in [2.24, 2.45) is 5.73 Å². The molecule has 222 valence electrons. The number of thiazole rings is 1. The van der Waals surface area contributed by atoms with Gasteiger partial charge in [-0.1, -0.05) is 30.3 Å². The molecule has 0 spiro atoms. The van der Waals surface area contributed by atoms with Crippen LogP contribution < -0.4 is 21.1 Å². The fourth-order valence-corrected chi connectivity index (χ4v) is 5.96. The molecule has 0 fully saturated rings. The van der Waals surface area contributed by atoms with E-state index < -0.39 is 12.1 Å². The quantitative estimate of drug-likeness (QED) is 0.0601. The van der Waals surface area contributed by atoms with Crippen molar-refractivity contribution in [2.75, 3.05) is 31.3 Å². The number of aromatic nitrogens is 1. The average Bonchev–Trinajstić information content (AvgIpc) is 3.63. The molecule has 0 aliphatic heterocycles. The topological polar surface area (TPSA) is 150 Å². The van der Waals surface area contributed by atoms with Gasteiger partial charge in [0.1, 0.15) is 16.6 Å². The number of para-hydroxylation sites is 1. The summed E-state index contributed by atoms with van der Waals surface area (Å²) in [5, 5.41) is 23.8. The number of carbonyl (C=O) groups excluding carboxylic acids is 1. The van der Waals surface area contributed by atoms with E-state index in [2.05, 4.69) is 10.6 Å². The molecule has 0 radical (unpaired) electrons. The molecular formula is C27H26F3N5O4S3. The third kappa shape index (κ3) is 9.78. The average molecular weight is 638 g/mol. The fourth-order valence-electron chi connectivity index (χ4n) is 3.25. The minimum absolute atomic E-state index is 0.0586. The number of benzene rings is 2. The molecule has 2 aromatic heterocycles. The number of thioether (sulfide) groups is 1. The summed E-state index contributed by atoms with van der Waals surface area (Å²) in [6.07, 6.45) is -3.08. The number of nitrogen functional groups attached to an aromatic ring is 1. The van der Waals surface area contributed by atoms with E-state index in [0.29, 0.717) is 18.8 Å². The monoisotopic (exact) mass is 637 g/mol. The second-order valence-electron chi connectivity index (χ2n) is 8.23. The lowest BCUT2D eigenvalue weighted by molar-refractivity contribution is -0.192. The van der Waals surface area contributed by atoms with Gasteiger partial charge in [0, 0.05) is 35.3 Å². The van der Waals surface area contributed by atoms with Crippen LogP contribution in [0.3, 0.4) is 0 Å². The van der Waals surface area contributed by atoms with E-state index in [1.807, 2.05) is 72.3 Å². The Balaban J connectivity index is 0.000000616. The lowest BCUT2D eigenvalue weighted by Crippen LogP contribution is -2.32. The minimum atomic E-state index is -5.08. The number of thiophene rings is 1. The van der Waals surface area contributed by atoms with Crippen molar-refractivity contribution < 1.29 is 32.6 Å². The Morgan fingerprint density at radius 3 is 2.48 bits per heavy atom. The summed E-state index contributed by atoms with van der Waals surface area (Å²) < 4.78 is 38.5. The van der Waals surface area contributed by atoms with E-state index in [-0.39, 0.29) is 18.3 Å². The zero-order valence-corrected chi connectivity index (χ0v) is 24.5. The van der Waals surface area contributed by atoms with E-state index in [9.17, 15) is 18.0 Å². The van der Waals surface area contributed by atoms with Gasteiger partial charge in [0.15, 0.2) is 6.61 Å². The summed E-state index contributed by atoms with van der Waals surface area (Å²) >= 11 is 4.67. The van der Waals surface area contributed by atoms with E-state index in [1.165, 1.54) is 11.3 Å². The van der Waals surface area contributed by atoms with Crippen molar-refractivity contribution in [3.05, 3.63) is 70.9 Å². The Hall–Kier alpha value is -4.08. The van der Waals surface area contributed by atoms with Crippen LogP contribution in [-0.2, 0) is 9.59 Å². The van der Waals surface area contributed by atoms with E-state index in [1.54, 1.807) is 23.1 Å². The van der Waals surface area contributed by atoms with Crippen molar-refractivity contribution in [2.45, 2.75) is 10.4 Å². The standard InChI is InChI=1S/C25H25N5O2S3.C2HF3O2/c1-33-25-19(13-21(35-25)23(26)27)24-30-20(15-34-24)16-6-5-9-18(12-16)32-14-22(31)29-11-10-28-17-7-3-2-4-8-17;3-2(4,5)1(6)7/h2-9,12-13,15,28H,10-11,14H2,1H3,(H3,26,27)(H,29,31);(H,6,7). The first-order chi connectivity index (χ1) is 20.0. The van der Waals surface area contributed by atoms with Crippen LogP contribution in [0.4, 0.5) is 18.9 Å². The lowest BCUT2D eigenvalue weighted by Gasteiger charge is -2.09.